The molecule has 4 rings (SSSR count). The van der Waals surface area contributed by atoms with Gasteiger partial charge in [-0.25, -0.2) is 8.42 Å². The standard InChI is InChI=1S/C22H26N2O4S/c1-28-18-9-7-8-17(14-18)20-15-24(29(26,27)19-10-3-2-4-11-19)16-21(20)22(25)23-12-5-6-13-23/h2-4,7-11,14,20-21H,5-6,12-13,15-16H2,1H3. The molecule has 2 fully saturated rings. The molecular weight excluding hydrogens is 388 g/mol. The summed E-state index contributed by atoms with van der Waals surface area (Å²) < 4.78 is 33.2. The van der Waals surface area contributed by atoms with E-state index >= 15 is 0 Å². The predicted molar refractivity (Wildman–Crippen MR) is 110 cm³/mol. The van der Waals surface area contributed by atoms with Crippen molar-refractivity contribution in [1.29, 1.82) is 0 Å². The lowest BCUT2D eigenvalue weighted by Gasteiger charge is -2.24. The minimum Gasteiger partial charge on any atom is -0.497 e. The molecule has 2 heterocycles. The van der Waals surface area contributed by atoms with E-state index in [9.17, 15) is 13.2 Å². The number of rotatable bonds is 5. The highest BCUT2D eigenvalue weighted by molar-refractivity contribution is 7.89. The summed E-state index contributed by atoms with van der Waals surface area (Å²) >= 11 is 0. The Labute approximate surface area is 172 Å². The van der Waals surface area contributed by atoms with Crippen LogP contribution in [0.25, 0.3) is 0 Å². The number of ether oxygens (including phenoxy) is 1. The fourth-order valence-electron chi connectivity index (χ4n) is 4.34. The second kappa shape index (κ2) is 8.16. The van der Waals surface area contributed by atoms with E-state index in [0.717, 1.165) is 31.5 Å². The van der Waals surface area contributed by atoms with Crippen LogP contribution in [0.15, 0.2) is 59.5 Å². The number of likely N-dealkylation sites (tertiary alicyclic amines) is 1. The van der Waals surface area contributed by atoms with Crippen molar-refractivity contribution in [3.05, 3.63) is 60.2 Å². The Morgan fingerprint density at radius 2 is 1.72 bits per heavy atom. The highest BCUT2D eigenvalue weighted by atomic mass is 32.2. The molecule has 154 valence electrons. The molecule has 2 atom stereocenters. The van der Waals surface area contributed by atoms with Gasteiger partial charge in [-0.05, 0) is 42.7 Å². The van der Waals surface area contributed by atoms with Gasteiger partial charge in [-0.15, -0.1) is 0 Å². The Morgan fingerprint density at radius 1 is 1.00 bits per heavy atom. The van der Waals surface area contributed by atoms with Gasteiger partial charge in [-0.2, -0.15) is 4.31 Å². The normalized spacial score (nSPS) is 22.7. The molecular formula is C22H26N2O4S. The van der Waals surface area contributed by atoms with E-state index in [-0.39, 0.29) is 29.8 Å². The Hall–Kier alpha value is -2.38. The summed E-state index contributed by atoms with van der Waals surface area (Å²) in [6, 6.07) is 16.0. The van der Waals surface area contributed by atoms with Crippen molar-refractivity contribution in [2.24, 2.45) is 5.92 Å². The molecule has 0 saturated carbocycles. The van der Waals surface area contributed by atoms with Crippen molar-refractivity contribution in [2.45, 2.75) is 23.7 Å². The molecule has 0 radical (unpaired) electrons. The number of carbonyl (C=O) groups is 1. The van der Waals surface area contributed by atoms with Crippen LogP contribution in [0.4, 0.5) is 0 Å². The summed E-state index contributed by atoms with van der Waals surface area (Å²) in [7, 11) is -2.05. The molecule has 0 aliphatic carbocycles. The third-order valence-corrected chi connectivity index (χ3v) is 7.77. The molecule has 2 aliphatic rings. The van der Waals surface area contributed by atoms with Crippen molar-refractivity contribution >= 4 is 15.9 Å². The molecule has 2 unspecified atom stereocenters. The third kappa shape index (κ3) is 3.89. The fraction of sp³-hybridized carbons (Fsp3) is 0.409. The minimum absolute atomic E-state index is 0.0566. The van der Waals surface area contributed by atoms with Crippen molar-refractivity contribution in [2.75, 3.05) is 33.3 Å². The number of hydrogen-bond donors (Lipinski definition) is 0. The van der Waals surface area contributed by atoms with Crippen LogP contribution < -0.4 is 4.74 Å². The number of amides is 1. The maximum atomic E-state index is 13.3. The van der Waals surface area contributed by atoms with Crippen LogP contribution in [0.5, 0.6) is 5.75 Å². The van der Waals surface area contributed by atoms with E-state index in [1.54, 1.807) is 37.4 Å². The van der Waals surface area contributed by atoms with Crippen LogP contribution >= 0.6 is 0 Å². The summed E-state index contributed by atoms with van der Waals surface area (Å²) in [6.45, 7) is 2.00. The molecule has 2 aliphatic heterocycles. The minimum atomic E-state index is -3.65. The number of methoxy groups -OCH3 is 1. The smallest absolute Gasteiger partial charge is 0.243 e. The summed E-state index contributed by atoms with van der Waals surface area (Å²) in [5.41, 5.74) is 0.938. The first-order valence-corrected chi connectivity index (χ1v) is 11.4. The molecule has 1 amide bonds. The summed E-state index contributed by atoms with van der Waals surface area (Å²) in [5, 5.41) is 0. The predicted octanol–water partition coefficient (Wildman–Crippen LogP) is 2.72. The molecule has 6 nitrogen and oxygen atoms in total. The summed E-state index contributed by atoms with van der Waals surface area (Å²) in [5.74, 6) is 0.177. The van der Waals surface area contributed by atoms with Crippen LogP contribution in [-0.2, 0) is 14.8 Å². The first-order chi connectivity index (χ1) is 14.0. The molecule has 2 aromatic rings. The first kappa shape index (κ1) is 19.9. The van der Waals surface area contributed by atoms with E-state index in [2.05, 4.69) is 0 Å². The Kier molecular flexibility index (Phi) is 5.61. The summed E-state index contributed by atoms with van der Waals surface area (Å²) in [6.07, 6.45) is 2.02. The van der Waals surface area contributed by atoms with Crippen LogP contribution in [0.1, 0.15) is 24.3 Å². The first-order valence-electron chi connectivity index (χ1n) is 9.98. The van der Waals surface area contributed by atoms with E-state index in [1.165, 1.54) is 4.31 Å². The zero-order chi connectivity index (χ0) is 20.4. The van der Waals surface area contributed by atoms with Crippen LogP contribution in [0, 0.1) is 5.92 Å². The second-order valence-corrected chi connectivity index (χ2v) is 9.60. The van der Waals surface area contributed by atoms with Crippen LogP contribution in [-0.4, -0.2) is 56.8 Å². The van der Waals surface area contributed by atoms with E-state index in [0.29, 0.717) is 5.75 Å². The lowest BCUT2D eigenvalue weighted by Crippen LogP contribution is -2.37. The van der Waals surface area contributed by atoms with Crippen molar-refractivity contribution in [3.63, 3.8) is 0 Å². The van der Waals surface area contributed by atoms with Crippen LogP contribution in [0.3, 0.4) is 0 Å². The van der Waals surface area contributed by atoms with E-state index in [4.69, 9.17) is 4.74 Å². The van der Waals surface area contributed by atoms with Gasteiger partial charge < -0.3 is 9.64 Å². The lowest BCUT2D eigenvalue weighted by atomic mass is 9.88. The summed E-state index contributed by atoms with van der Waals surface area (Å²) in [4.78, 5) is 15.4. The average Bonchev–Trinajstić information content (AvgIpc) is 3.44. The van der Waals surface area contributed by atoms with Crippen molar-refractivity contribution < 1.29 is 17.9 Å². The van der Waals surface area contributed by atoms with Gasteiger partial charge in [0.05, 0.1) is 17.9 Å². The quantitative estimate of drug-likeness (QED) is 0.755. The number of hydrogen-bond acceptors (Lipinski definition) is 4. The maximum Gasteiger partial charge on any atom is 0.243 e. The second-order valence-electron chi connectivity index (χ2n) is 7.66. The Morgan fingerprint density at radius 3 is 2.41 bits per heavy atom. The zero-order valence-electron chi connectivity index (χ0n) is 16.5. The van der Waals surface area contributed by atoms with Gasteiger partial charge in [0.2, 0.25) is 15.9 Å². The fourth-order valence-corrected chi connectivity index (χ4v) is 5.85. The van der Waals surface area contributed by atoms with Gasteiger partial charge in [0.1, 0.15) is 5.75 Å². The van der Waals surface area contributed by atoms with E-state index < -0.39 is 15.9 Å². The number of sulfonamides is 1. The molecule has 0 bridgehead atoms. The highest BCUT2D eigenvalue weighted by Gasteiger charge is 2.45. The molecule has 0 N–H and O–H groups in total. The lowest BCUT2D eigenvalue weighted by molar-refractivity contribution is -0.134. The van der Waals surface area contributed by atoms with Gasteiger partial charge in [0.25, 0.3) is 0 Å². The largest absolute Gasteiger partial charge is 0.497 e. The van der Waals surface area contributed by atoms with Gasteiger partial charge >= 0.3 is 0 Å². The molecule has 0 aromatic heterocycles. The zero-order valence-corrected chi connectivity index (χ0v) is 17.3. The van der Waals surface area contributed by atoms with E-state index in [1.807, 2.05) is 29.2 Å². The Bertz CT molecular complexity index is 971. The van der Waals surface area contributed by atoms with Crippen molar-refractivity contribution in [3.8, 4) is 5.75 Å². The van der Waals surface area contributed by atoms with Gasteiger partial charge in [0.15, 0.2) is 0 Å². The Balaban J connectivity index is 1.68. The van der Waals surface area contributed by atoms with Gasteiger partial charge in [-0.1, -0.05) is 30.3 Å². The maximum absolute atomic E-state index is 13.3. The average molecular weight is 415 g/mol. The third-order valence-electron chi connectivity index (χ3n) is 5.92. The highest BCUT2D eigenvalue weighted by Crippen LogP contribution is 2.38. The molecule has 0 spiro atoms. The number of carbonyl (C=O) groups excluding carboxylic acids is 1. The molecule has 7 heteroatoms. The molecule has 2 saturated heterocycles. The molecule has 2 aromatic carbocycles. The SMILES string of the molecule is COc1cccc(C2CN(S(=O)(=O)c3ccccc3)CC2C(=O)N2CCCC2)c1. The van der Waals surface area contributed by atoms with Gasteiger partial charge in [0, 0.05) is 32.1 Å². The van der Waals surface area contributed by atoms with Gasteiger partial charge in [-0.3, -0.25) is 4.79 Å². The number of nitrogens with zero attached hydrogens (tertiary/aromatic N) is 2. The number of benzene rings is 2. The topological polar surface area (TPSA) is 66.9 Å². The molecule has 29 heavy (non-hydrogen) atoms. The van der Waals surface area contributed by atoms with Crippen LogP contribution in [0.2, 0.25) is 0 Å². The monoisotopic (exact) mass is 414 g/mol. The van der Waals surface area contributed by atoms with Crippen molar-refractivity contribution in [1.82, 2.24) is 9.21 Å².